The second kappa shape index (κ2) is 8.68. The van der Waals surface area contributed by atoms with Crippen LogP contribution in [0.5, 0.6) is 5.75 Å². The molecule has 0 aromatic heterocycles. The molecule has 4 nitrogen and oxygen atoms in total. The van der Waals surface area contributed by atoms with Crippen molar-refractivity contribution in [1.29, 1.82) is 5.26 Å². The van der Waals surface area contributed by atoms with Crippen LogP contribution in [0.1, 0.15) is 18.1 Å². The molecule has 0 spiro atoms. The number of carbonyl (C=O) groups is 1. The number of nitriles is 1. The standard InChI is InChI=1S/C23H19NO3/c1-2-26-23(25)19(15-24)14-21-20-11-7-6-10-18(20)12-13-22(21)27-16-17-8-4-3-5-9-17/h3-14H,2,16H2,1H3. The molecular weight excluding hydrogens is 338 g/mol. The average Bonchev–Trinajstić information content (AvgIpc) is 2.71. The van der Waals surface area contributed by atoms with Crippen LogP contribution in [-0.2, 0) is 16.1 Å². The molecule has 0 aliphatic carbocycles. The summed E-state index contributed by atoms with van der Waals surface area (Å²) in [5, 5.41) is 11.3. The maximum atomic E-state index is 12.1. The Morgan fingerprint density at radius 2 is 1.78 bits per heavy atom. The molecule has 0 heterocycles. The molecule has 0 N–H and O–H groups in total. The third-order valence-electron chi connectivity index (χ3n) is 4.07. The van der Waals surface area contributed by atoms with Crippen LogP contribution >= 0.6 is 0 Å². The monoisotopic (exact) mass is 357 g/mol. The van der Waals surface area contributed by atoms with Gasteiger partial charge in [0.1, 0.15) is 24.0 Å². The number of rotatable bonds is 6. The van der Waals surface area contributed by atoms with Gasteiger partial charge in [-0.05, 0) is 35.4 Å². The van der Waals surface area contributed by atoms with Gasteiger partial charge in [0.2, 0.25) is 0 Å². The fourth-order valence-electron chi connectivity index (χ4n) is 2.78. The van der Waals surface area contributed by atoms with E-state index < -0.39 is 5.97 Å². The molecule has 0 saturated heterocycles. The predicted molar refractivity (Wildman–Crippen MR) is 105 cm³/mol. The molecule has 0 radical (unpaired) electrons. The van der Waals surface area contributed by atoms with Gasteiger partial charge in [0.05, 0.1) is 6.61 Å². The summed E-state index contributed by atoms with van der Waals surface area (Å²) in [7, 11) is 0. The zero-order chi connectivity index (χ0) is 19.1. The van der Waals surface area contributed by atoms with E-state index in [-0.39, 0.29) is 12.2 Å². The summed E-state index contributed by atoms with van der Waals surface area (Å²) in [4.78, 5) is 12.1. The van der Waals surface area contributed by atoms with Crippen molar-refractivity contribution in [2.24, 2.45) is 0 Å². The van der Waals surface area contributed by atoms with Crippen molar-refractivity contribution in [3.05, 3.63) is 83.4 Å². The van der Waals surface area contributed by atoms with Gasteiger partial charge in [-0.3, -0.25) is 0 Å². The molecule has 0 amide bonds. The summed E-state index contributed by atoms with van der Waals surface area (Å²) >= 11 is 0. The van der Waals surface area contributed by atoms with Gasteiger partial charge in [-0.15, -0.1) is 0 Å². The average molecular weight is 357 g/mol. The Balaban J connectivity index is 2.04. The van der Waals surface area contributed by atoms with E-state index >= 15 is 0 Å². The quantitative estimate of drug-likeness (QED) is 0.358. The molecule has 0 aliphatic heterocycles. The number of esters is 1. The second-order valence-corrected chi connectivity index (χ2v) is 5.86. The van der Waals surface area contributed by atoms with E-state index in [1.54, 1.807) is 13.0 Å². The van der Waals surface area contributed by atoms with Crippen molar-refractivity contribution in [3.63, 3.8) is 0 Å². The van der Waals surface area contributed by atoms with Gasteiger partial charge in [-0.1, -0.05) is 60.7 Å². The van der Waals surface area contributed by atoms with Crippen molar-refractivity contribution < 1.29 is 14.3 Å². The van der Waals surface area contributed by atoms with Crippen molar-refractivity contribution in [1.82, 2.24) is 0 Å². The highest BCUT2D eigenvalue weighted by atomic mass is 16.5. The van der Waals surface area contributed by atoms with Gasteiger partial charge in [-0.2, -0.15) is 5.26 Å². The lowest BCUT2D eigenvalue weighted by molar-refractivity contribution is -0.137. The zero-order valence-corrected chi connectivity index (χ0v) is 15.0. The lowest BCUT2D eigenvalue weighted by atomic mass is 10.0. The van der Waals surface area contributed by atoms with Crippen LogP contribution in [0.2, 0.25) is 0 Å². The van der Waals surface area contributed by atoms with Crippen LogP contribution in [0.4, 0.5) is 0 Å². The second-order valence-electron chi connectivity index (χ2n) is 5.86. The molecule has 0 bridgehead atoms. The third-order valence-corrected chi connectivity index (χ3v) is 4.07. The highest BCUT2D eigenvalue weighted by molar-refractivity contribution is 6.02. The van der Waals surface area contributed by atoms with Crippen molar-refractivity contribution in [2.45, 2.75) is 13.5 Å². The number of carbonyl (C=O) groups excluding carboxylic acids is 1. The zero-order valence-electron chi connectivity index (χ0n) is 15.0. The summed E-state index contributed by atoms with van der Waals surface area (Å²) in [6.45, 7) is 2.31. The van der Waals surface area contributed by atoms with Crippen molar-refractivity contribution in [3.8, 4) is 11.8 Å². The minimum Gasteiger partial charge on any atom is -0.488 e. The molecule has 134 valence electrons. The Morgan fingerprint density at radius 1 is 1.04 bits per heavy atom. The van der Waals surface area contributed by atoms with E-state index in [2.05, 4.69) is 0 Å². The Kier molecular flexibility index (Phi) is 5.86. The van der Waals surface area contributed by atoms with Gasteiger partial charge < -0.3 is 9.47 Å². The van der Waals surface area contributed by atoms with Crippen LogP contribution < -0.4 is 4.74 Å². The number of benzene rings is 3. The molecular formula is C23H19NO3. The minimum absolute atomic E-state index is 0.0576. The van der Waals surface area contributed by atoms with Crippen LogP contribution in [0, 0.1) is 11.3 Å². The van der Waals surface area contributed by atoms with Crippen LogP contribution in [0.25, 0.3) is 16.8 Å². The summed E-state index contributed by atoms with van der Waals surface area (Å²) in [6, 6.07) is 23.3. The number of hydrogen-bond acceptors (Lipinski definition) is 4. The Hall–Kier alpha value is -3.58. The molecule has 0 saturated carbocycles. The Morgan fingerprint density at radius 3 is 2.52 bits per heavy atom. The molecule has 4 heteroatoms. The number of nitrogens with zero attached hydrogens (tertiary/aromatic N) is 1. The molecule has 0 fully saturated rings. The first kappa shape index (κ1) is 18.2. The molecule has 3 aromatic carbocycles. The lowest BCUT2D eigenvalue weighted by Crippen LogP contribution is -2.06. The first-order valence-corrected chi connectivity index (χ1v) is 8.70. The van der Waals surface area contributed by atoms with Crippen molar-refractivity contribution >= 4 is 22.8 Å². The first-order valence-electron chi connectivity index (χ1n) is 8.70. The third kappa shape index (κ3) is 4.34. The highest BCUT2D eigenvalue weighted by Crippen LogP contribution is 2.31. The summed E-state index contributed by atoms with van der Waals surface area (Å²) in [6.07, 6.45) is 1.54. The molecule has 0 atom stereocenters. The SMILES string of the molecule is CCOC(=O)C(C#N)=Cc1c(OCc2ccccc2)ccc2ccccc12. The van der Waals surface area contributed by atoms with Gasteiger partial charge in [0.15, 0.2) is 0 Å². The maximum Gasteiger partial charge on any atom is 0.348 e. The first-order chi connectivity index (χ1) is 13.2. The maximum absolute atomic E-state index is 12.1. The van der Waals surface area contributed by atoms with E-state index in [1.165, 1.54) is 0 Å². The Bertz CT molecular complexity index is 1020. The van der Waals surface area contributed by atoms with Gasteiger partial charge in [0, 0.05) is 5.56 Å². The molecule has 0 unspecified atom stereocenters. The van der Waals surface area contributed by atoms with Gasteiger partial charge in [0.25, 0.3) is 0 Å². The molecule has 27 heavy (non-hydrogen) atoms. The molecule has 3 aromatic rings. The summed E-state index contributed by atoms with van der Waals surface area (Å²) in [5.41, 5.74) is 1.66. The van der Waals surface area contributed by atoms with Crippen LogP contribution in [0.15, 0.2) is 72.3 Å². The number of ether oxygens (including phenoxy) is 2. The Labute approximate surface area is 158 Å². The lowest BCUT2D eigenvalue weighted by Gasteiger charge is -2.13. The smallest absolute Gasteiger partial charge is 0.348 e. The van der Waals surface area contributed by atoms with E-state index in [9.17, 15) is 10.1 Å². The van der Waals surface area contributed by atoms with E-state index in [1.807, 2.05) is 72.8 Å². The van der Waals surface area contributed by atoms with Crippen LogP contribution in [-0.4, -0.2) is 12.6 Å². The largest absolute Gasteiger partial charge is 0.488 e. The fraction of sp³-hybridized carbons (Fsp3) is 0.130. The highest BCUT2D eigenvalue weighted by Gasteiger charge is 2.14. The minimum atomic E-state index is -0.637. The van der Waals surface area contributed by atoms with Gasteiger partial charge >= 0.3 is 5.97 Å². The van der Waals surface area contributed by atoms with Crippen LogP contribution in [0.3, 0.4) is 0 Å². The predicted octanol–water partition coefficient (Wildman–Crippen LogP) is 4.89. The number of hydrogen-bond donors (Lipinski definition) is 0. The van der Waals surface area contributed by atoms with E-state index in [0.717, 1.165) is 16.3 Å². The molecule has 0 aliphatic rings. The summed E-state index contributed by atoms with van der Waals surface area (Å²) in [5.74, 6) is -0.0310. The normalized spacial score (nSPS) is 11.0. The van der Waals surface area contributed by atoms with Crippen molar-refractivity contribution in [2.75, 3.05) is 6.61 Å². The van der Waals surface area contributed by atoms with Gasteiger partial charge in [-0.25, -0.2) is 4.79 Å². The fourth-order valence-corrected chi connectivity index (χ4v) is 2.78. The van der Waals surface area contributed by atoms with E-state index in [0.29, 0.717) is 17.9 Å². The summed E-state index contributed by atoms with van der Waals surface area (Å²) < 4.78 is 11.0. The number of fused-ring (bicyclic) bond motifs is 1. The molecule has 3 rings (SSSR count). The van der Waals surface area contributed by atoms with E-state index in [4.69, 9.17) is 9.47 Å². The topological polar surface area (TPSA) is 59.3 Å².